The molecule has 1 aliphatic carbocycles. The highest BCUT2D eigenvalue weighted by molar-refractivity contribution is 7.99. The molecule has 0 aliphatic heterocycles. The Balaban J connectivity index is 1.78. The van der Waals surface area contributed by atoms with E-state index in [2.05, 4.69) is 38.4 Å². The molecule has 5 nitrogen and oxygen atoms in total. The summed E-state index contributed by atoms with van der Waals surface area (Å²) >= 11 is 1.64. The number of hydrogen-bond donors (Lipinski definition) is 1. The first kappa shape index (κ1) is 15.2. The van der Waals surface area contributed by atoms with Gasteiger partial charge < -0.3 is 4.74 Å². The van der Waals surface area contributed by atoms with Crippen LogP contribution >= 0.6 is 11.8 Å². The zero-order valence-corrected chi connectivity index (χ0v) is 14.2. The topological polar surface area (TPSA) is 63.7 Å². The molecular weight excluding hydrogens is 320 g/mol. The van der Waals surface area contributed by atoms with Gasteiger partial charge in [-0.2, -0.15) is 5.10 Å². The maximum Gasteiger partial charge on any atom is 0.184 e. The molecule has 6 heteroatoms. The Morgan fingerprint density at radius 1 is 1.21 bits per heavy atom. The molecule has 1 aromatic carbocycles. The molecule has 3 aromatic rings. The normalized spacial score (nSPS) is 15.2. The van der Waals surface area contributed by atoms with Crippen molar-refractivity contribution in [3.8, 4) is 5.75 Å². The third kappa shape index (κ3) is 3.14. The van der Waals surface area contributed by atoms with Crippen molar-refractivity contribution >= 4 is 11.8 Å². The van der Waals surface area contributed by atoms with Crippen molar-refractivity contribution in [2.45, 2.75) is 29.2 Å². The van der Waals surface area contributed by atoms with E-state index >= 15 is 0 Å². The van der Waals surface area contributed by atoms with E-state index in [0.717, 1.165) is 16.6 Å². The Morgan fingerprint density at radius 2 is 2.12 bits per heavy atom. The molecule has 1 fully saturated rings. The summed E-state index contributed by atoms with van der Waals surface area (Å²) in [7, 11) is 1.71. The van der Waals surface area contributed by atoms with Crippen LogP contribution in [0.5, 0.6) is 5.75 Å². The van der Waals surface area contributed by atoms with Crippen LogP contribution in [0.2, 0.25) is 0 Å². The first-order valence-corrected chi connectivity index (χ1v) is 8.84. The van der Waals surface area contributed by atoms with E-state index in [4.69, 9.17) is 4.74 Å². The molecule has 2 heterocycles. The van der Waals surface area contributed by atoms with Crippen LogP contribution in [-0.2, 0) is 0 Å². The molecule has 2 aromatic heterocycles. The number of nitrogens with zero attached hydrogens (tertiary/aromatic N) is 3. The fourth-order valence-electron chi connectivity index (χ4n) is 2.84. The van der Waals surface area contributed by atoms with E-state index in [0.29, 0.717) is 5.92 Å². The van der Waals surface area contributed by atoms with Crippen molar-refractivity contribution in [3.63, 3.8) is 0 Å². The minimum absolute atomic E-state index is 0.0701. The van der Waals surface area contributed by atoms with E-state index in [-0.39, 0.29) is 5.25 Å². The lowest BCUT2D eigenvalue weighted by molar-refractivity contribution is 0.414. The van der Waals surface area contributed by atoms with Crippen LogP contribution in [0.3, 0.4) is 0 Å². The lowest BCUT2D eigenvalue weighted by Gasteiger charge is -2.19. The maximum atomic E-state index is 5.43. The summed E-state index contributed by atoms with van der Waals surface area (Å²) in [6.45, 7) is 0. The number of aromatic amines is 1. The largest absolute Gasteiger partial charge is 0.497 e. The van der Waals surface area contributed by atoms with E-state index in [1.165, 1.54) is 30.3 Å². The van der Waals surface area contributed by atoms with Gasteiger partial charge in [0.25, 0.3) is 0 Å². The summed E-state index contributed by atoms with van der Waals surface area (Å²) in [5, 5.41) is 7.77. The summed E-state index contributed by atoms with van der Waals surface area (Å²) in [6.07, 6.45) is 5.85. The van der Waals surface area contributed by atoms with Crippen LogP contribution in [0.15, 0.2) is 54.1 Å². The van der Waals surface area contributed by atoms with E-state index in [1.807, 2.05) is 24.4 Å². The predicted molar refractivity (Wildman–Crippen MR) is 93.3 cm³/mol. The van der Waals surface area contributed by atoms with E-state index in [9.17, 15) is 0 Å². The third-order valence-corrected chi connectivity index (χ3v) is 5.32. The molecule has 1 aliphatic rings. The van der Waals surface area contributed by atoms with Crippen LogP contribution in [-0.4, -0.2) is 27.3 Å². The van der Waals surface area contributed by atoms with Crippen molar-refractivity contribution in [3.05, 3.63) is 65.7 Å². The Labute approximate surface area is 144 Å². The number of methoxy groups -OCH3 is 1. The van der Waals surface area contributed by atoms with Crippen LogP contribution < -0.4 is 4.74 Å². The number of H-pyrrole nitrogens is 1. The van der Waals surface area contributed by atoms with E-state index < -0.39 is 0 Å². The third-order valence-electron chi connectivity index (χ3n) is 4.17. The first-order valence-electron chi connectivity index (χ1n) is 7.96. The second kappa shape index (κ2) is 6.65. The van der Waals surface area contributed by atoms with Crippen molar-refractivity contribution < 1.29 is 4.74 Å². The predicted octanol–water partition coefficient (Wildman–Crippen LogP) is 3.97. The zero-order valence-electron chi connectivity index (χ0n) is 13.3. The average molecular weight is 338 g/mol. The molecule has 1 saturated carbocycles. The minimum Gasteiger partial charge on any atom is -0.497 e. The highest BCUT2D eigenvalue weighted by Crippen LogP contribution is 2.48. The molecule has 24 heavy (non-hydrogen) atoms. The molecule has 122 valence electrons. The summed E-state index contributed by atoms with van der Waals surface area (Å²) < 4.78 is 5.43. The van der Waals surface area contributed by atoms with Gasteiger partial charge in [-0.15, -0.1) is 0 Å². The molecule has 1 N–H and O–H groups in total. The maximum absolute atomic E-state index is 5.43. The van der Waals surface area contributed by atoms with Crippen molar-refractivity contribution in [1.29, 1.82) is 0 Å². The standard InChI is InChI=1S/C18H18N4OS/c1-23-13-7-8-14(15(10-13)12-5-6-12)17(16-4-2-3-9-19-16)24-18-20-11-21-22-18/h2-4,7-12,17H,5-6H2,1H3,(H,20,21,22). The van der Waals surface area contributed by atoms with Crippen molar-refractivity contribution in [2.24, 2.45) is 0 Å². The number of ether oxygens (including phenoxy) is 1. The SMILES string of the molecule is COc1ccc(C(Sc2ncn[nH]2)c2ccccn2)c(C2CC2)c1. The minimum atomic E-state index is 0.0701. The van der Waals surface area contributed by atoms with Crippen molar-refractivity contribution in [1.82, 2.24) is 20.2 Å². The molecule has 0 radical (unpaired) electrons. The van der Waals surface area contributed by atoms with Gasteiger partial charge in [-0.05, 0) is 54.2 Å². The number of pyridine rings is 1. The molecule has 0 spiro atoms. The second-order valence-corrected chi connectivity index (χ2v) is 6.91. The smallest absolute Gasteiger partial charge is 0.184 e. The van der Waals surface area contributed by atoms with E-state index in [1.54, 1.807) is 18.9 Å². The van der Waals surface area contributed by atoms with Gasteiger partial charge in [0.05, 0.1) is 18.1 Å². The van der Waals surface area contributed by atoms with Crippen LogP contribution in [0.4, 0.5) is 0 Å². The first-order chi connectivity index (χ1) is 11.8. The summed E-state index contributed by atoms with van der Waals surface area (Å²) in [5.41, 5.74) is 3.65. The number of benzene rings is 1. The monoisotopic (exact) mass is 338 g/mol. The zero-order chi connectivity index (χ0) is 16.4. The molecule has 4 rings (SSSR count). The molecule has 1 unspecified atom stereocenters. The van der Waals surface area contributed by atoms with Crippen LogP contribution in [0, 0.1) is 0 Å². The molecule has 0 amide bonds. The average Bonchev–Trinajstić information content (AvgIpc) is 3.36. The van der Waals surface area contributed by atoms with Gasteiger partial charge in [0, 0.05) is 6.20 Å². The Bertz CT molecular complexity index is 803. The lowest BCUT2D eigenvalue weighted by Crippen LogP contribution is -2.04. The highest BCUT2D eigenvalue weighted by atomic mass is 32.2. The molecule has 0 bridgehead atoms. The fourth-order valence-corrected chi connectivity index (χ4v) is 3.88. The number of hydrogen-bond acceptors (Lipinski definition) is 5. The fraction of sp³-hybridized carbons (Fsp3) is 0.278. The van der Waals surface area contributed by atoms with Gasteiger partial charge in [-0.25, -0.2) is 4.98 Å². The Hall–Kier alpha value is -2.34. The summed E-state index contributed by atoms with van der Waals surface area (Å²) in [4.78, 5) is 8.86. The van der Waals surface area contributed by atoms with Gasteiger partial charge in [-0.1, -0.05) is 23.9 Å². The number of rotatable bonds is 6. The molecule has 0 saturated heterocycles. The summed E-state index contributed by atoms with van der Waals surface area (Å²) in [5.74, 6) is 1.53. The lowest BCUT2D eigenvalue weighted by atomic mass is 9.98. The summed E-state index contributed by atoms with van der Waals surface area (Å²) in [6, 6.07) is 12.4. The Kier molecular flexibility index (Phi) is 4.21. The highest BCUT2D eigenvalue weighted by Gasteiger charge is 2.30. The van der Waals surface area contributed by atoms with Gasteiger partial charge in [-0.3, -0.25) is 10.1 Å². The van der Waals surface area contributed by atoms with Crippen LogP contribution in [0.1, 0.15) is 40.8 Å². The van der Waals surface area contributed by atoms with Crippen molar-refractivity contribution in [2.75, 3.05) is 7.11 Å². The number of aromatic nitrogens is 4. The number of nitrogens with one attached hydrogen (secondary N) is 1. The van der Waals surface area contributed by atoms with Gasteiger partial charge in [0.2, 0.25) is 0 Å². The Morgan fingerprint density at radius 3 is 2.79 bits per heavy atom. The van der Waals surface area contributed by atoms with Gasteiger partial charge in [0.15, 0.2) is 5.16 Å². The van der Waals surface area contributed by atoms with Gasteiger partial charge in [0.1, 0.15) is 12.1 Å². The molecular formula is C18H18N4OS. The quantitative estimate of drug-likeness (QED) is 0.689. The second-order valence-electron chi connectivity index (χ2n) is 5.81. The van der Waals surface area contributed by atoms with Gasteiger partial charge >= 0.3 is 0 Å². The van der Waals surface area contributed by atoms with Crippen LogP contribution in [0.25, 0.3) is 0 Å². The molecule has 1 atom stereocenters. The number of thioether (sulfide) groups is 1.